The van der Waals surface area contributed by atoms with E-state index in [1.54, 1.807) is 13.0 Å². The monoisotopic (exact) mass is 288 g/mol. The Morgan fingerprint density at radius 2 is 1.95 bits per heavy atom. The molecule has 112 valence electrons. The summed E-state index contributed by atoms with van der Waals surface area (Å²) in [4.78, 5) is 13.0. The summed E-state index contributed by atoms with van der Waals surface area (Å²) in [7, 11) is 2.00. The van der Waals surface area contributed by atoms with Gasteiger partial charge in [0.25, 0.3) is 5.91 Å². The maximum Gasteiger partial charge on any atom is 0.280 e. The molecule has 1 aromatic carbocycles. The Morgan fingerprint density at radius 1 is 1.29 bits per heavy atom. The zero-order valence-electron chi connectivity index (χ0n) is 12.8. The first-order valence-corrected chi connectivity index (χ1v) is 7.19. The Labute approximate surface area is 124 Å². The van der Waals surface area contributed by atoms with Gasteiger partial charge in [-0.05, 0) is 18.9 Å². The first kappa shape index (κ1) is 15.3. The van der Waals surface area contributed by atoms with Gasteiger partial charge in [-0.25, -0.2) is 0 Å². The summed E-state index contributed by atoms with van der Waals surface area (Å²) in [6, 6.07) is 10.2. The van der Waals surface area contributed by atoms with E-state index >= 15 is 0 Å². The van der Waals surface area contributed by atoms with Crippen LogP contribution in [0.2, 0.25) is 0 Å². The fourth-order valence-electron chi connectivity index (χ4n) is 2.19. The van der Waals surface area contributed by atoms with Gasteiger partial charge in [-0.3, -0.25) is 4.79 Å². The van der Waals surface area contributed by atoms with E-state index in [2.05, 4.69) is 41.7 Å². The summed E-state index contributed by atoms with van der Waals surface area (Å²) in [5.41, 5.74) is 2.56. The van der Waals surface area contributed by atoms with Crippen LogP contribution in [0.3, 0.4) is 0 Å². The van der Waals surface area contributed by atoms with Gasteiger partial charge in [-0.15, -0.1) is 0 Å². The molecule has 0 aliphatic heterocycles. The first-order valence-electron chi connectivity index (χ1n) is 7.19. The smallest absolute Gasteiger partial charge is 0.280 e. The average Bonchev–Trinajstić information content (AvgIpc) is 2.84. The number of benzene rings is 1. The number of hydrogen-bond donors (Lipinski definition) is 2. The van der Waals surface area contributed by atoms with Gasteiger partial charge < -0.3 is 14.7 Å². The van der Waals surface area contributed by atoms with E-state index in [1.807, 2.05) is 7.05 Å². The van der Waals surface area contributed by atoms with Crippen molar-refractivity contribution >= 4 is 11.7 Å². The average molecular weight is 288 g/mol. The number of anilines is 1. The number of nitrogens with one attached hydrogen (secondary N) is 2. The molecule has 0 aliphatic rings. The second-order valence-electron chi connectivity index (χ2n) is 5.35. The molecular formula is C16H22N3O2+. The summed E-state index contributed by atoms with van der Waals surface area (Å²) >= 11 is 0. The summed E-state index contributed by atoms with van der Waals surface area (Å²) in [5, 5.41) is 6.48. The lowest BCUT2D eigenvalue weighted by molar-refractivity contribution is -0.885. The number of amides is 1. The molecule has 1 amide bonds. The molecule has 1 heterocycles. The molecule has 21 heavy (non-hydrogen) atoms. The molecule has 5 heteroatoms. The molecule has 0 spiro atoms. The Morgan fingerprint density at radius 3 is 2.52 bits per heavy atom. The molecule has 0 aliphatic carbocycles. The number of rotatable bonds is 6. The minimum atomic E-state index is -0.0639. The highest BCUT2D eigenvalue weighted by Crippen LogP contribution is 2.06. The fraction of sp³-hybridized carbons (Fsp3) is 0.375. The Balaban J connectivity index is 1.82. The third-order valence-corrected chi connectivity index (χ3v) is 3.29. The zero-order valence-corrected chi connectivity index (χ0v) is 12.8. The molecule has 2 aromatic rings. The van der Waals surface area contributed by atoms with Gasteiger partial charge in [0.05, 0.1) is 7.05 Å². The zero-order chi connectivity index (χ0) is 15.2. The van der Waals surface area contributed by atoms with E-state index in [0.717, 1.165) is 17.9 Å². The Hall–Kier alpha value is -2.14. The van der Waals surface area contributed by atoms with E-state index in [0.29, 0.717) is 18.1 Å². The number of nitrogens with zero attached hydrogens (tertiary/aromatic N) is 1. The van der Waals surface area contributed by atoms with Crippen LogP contribution >= 0.6 is 0 Å². The molecule has 1 atom stereocenters. The highest BCUT2D eigenvalue weighted by Gasteiger charge is 2.12. The van der Waals surface area contributed by atoms with E-state index in [-0.39, 0.29) is 5.91 Å². The van der Waals surface area contributed by atoms with Crippen molar-refractivity contribution in [3.8, 4) is 0 Å². The molecule has 2 N–H and O–H groups in total. The molecule has 2 rings (SSSR count). The van der Waals surface area contributed by atoms with Gasteiger partial charge in [0, 0.05) is 11.6 Å². The number of aryl methyl sites for hydroxylation is 2. The van der Waals surface area contributed by atoms with E-state index in [9.17, 15) is 4.79 Å². The van der Waals surface area contributed by atoms with Gasteiger partial charge >= 0.3 is 0 Å². The second-order valence-corrected chi connectivity index (χ2v) is 5.35. The Bertz CT molecular complexity index is 590. The molecule has 0 saturated heterocycles. The molecule has 1 unspecified atom stereocenters. The van der Waals surface area contributed by atoms with Crippen molar-refractivity contribution in [1.82, 2.24) is 5.16 Å². The summed E-state index contributed by atoms with van der Waals surface area (Å²) in [6.07, 6.45) is 1.04. The molecule has 0 saturated carbocycles. The van der Waals surface area contributed by atoms with Crippen molar-refractivity contribution in [3.05, 3.63) is 47.2 Å². The molecule has 0 radical (unpaired) electrons. The minimum absolute atomic E-state index is 0.0639. The van der Waals surface area contributed by atoms with Crippen molar-refractivity contribution in [2.45, 2.75) is 26.8 Å². The van der Waals surface area contributed by atoms with Crippen molar-refractivity contribution in [2.75, 3.05) is 18.9 Å². The van der Waals surface area contributed by atoms with Crippen LogP contribution in [-0.4, -0.2) is 24.7 Å². The molecular weight excluding hydrogens is 266 g/mol. The molecule has 1 aromatic heterocycles. The number of likely N-dealkylation sites (N-methyl/N-ethyl adjacent to an activating group) is 1. The van der Waals surface area contributed by atoms with E-state index in [1.165, 1.54) is 11.1 Å². The van der Waals surface area contributed by atoms with Crippen LogP contribution in [0.5, 0.6) is 0 Å². The van der Waals surface area contributed by atoms with Crippen molar-refractivity contribution < 1.29 is 14.2 Å². The van der Waals surface area contributed by atoms with Crippen molar-refractivity contribution in [3.63, 3.8) is 0 Å². The highest BCUT2D eigenvalue weighted by atomic mass is 16.5. The van der Waals surface area contributed by atoms with Gasteiger partial charge in [-0.1, -0.05) is 36.3 Å². The molecule has 0 fully saturated rings. The normalized spacial score (nSPS) is 12.1. The van der Waals surface area contributed by atoms with E-state index in [4.69, 9.17) is 4.52 Å². The van der Waals surface area contributed by atoms with Gasteiger partial charge in [0.2, 0.25) is 0 Å². The number of carbonyl (C=O) groups excluding carboxylic acids is 1. The molecule has 0 bridgehead atoms. The van der Waals surface area contributed by atoms with Crippen LogP contribution in [0.1, 0.15) is 23.8 Å². The van der Waals surface area contributed by atoms with Crippen LogP contribution in [0.4, 0.5) is 5.82 Å². The van der Waals surface area contributed by atoms with Gasteiger partial charge in [-0.2, -0.15) is 0 Å². The van der Waals surface area contributed by atoms with Crippen molar-refractivity contribution in [1.29, 1.82) is 0 Å². The first-order chi connectivity index (χ1) is 10.1. The standard InChI is InChI=1S/C16H21N3O2/c1-4-13-5-7-14(8-6-13)10-19(3)11-16(20)17-15-9-12(2)21-18-15/h5-9H,4,10-11H2,1-3H3,(H,17,18,20)/p+1. The maximum atomic E-state index is 11.9. The quantitative estimate of drug-likeness (QED) is 0.839. The second kappa shape index (κ2) is 7.04. The topological polar surface area (TPSA) is 59.6 Å². The lowest BCUT2D eigenvalue weighted by Crippen LogP contribution is -3.08. The largest absolute Gasteiger partial charge is 0.360 e. The van der Waals surface area contributed by atoms with Crippen molar-refractivity contribution in [2.24, 2.45) is 0 Å². The van der Waals surface area contributed by atoms with Crippen LogP contribution in [0, 0.1) is 6.92 Å². The fourth-order valence-corrected chi connectivity index (χ4v) is 2.19. The van der Waals surface area contributed by atoms with E-state index < -0.39 is 0 Å². The lowest BCUT2D eigenvalue weighted by atomic mass is 10.1. The maximum absolute atomic E-state index is 11.9. The SMILES string of the molecule is CCc1ccc(C[NH+](C)CC(=O)Nc2cc(C)on2)cc1. The van der Waals surface area contributed by atoms with Crippen LogP contribution < -0.4 is 10.2 Å². The third kappa shape index (κ3) is 4.72. The van der Waals surface area contributed by atoms with Crippen LogP contribution in [0.25, 0.3) is 0 Å². The lowest BCUT2D eigenvalue weighted by Gasteiger charge is -2.13. The minimum Gasteiger partial charge on any atom is -0.360 e. The summed E-state index contributed by atoms with van der Waals surface area (Å²) in [6.45, 7) is 5.14. The summed E-state index contributed by atoms with van der Waals surface area (Å²) in [5.74, 6) is 1.09. The molecule has 5 nitrogen and oxygen atoms in total. The third-order valence-electron chi connectivity index (χ3n) is 3.29. The predicted molar refractivity (Wildman–Crippen MR) is 81.1 cm³/mol. The number of hydrogen-bond acceptors (Lipinski definition) is 3. The van der Waals surface area contributed by atoms with Gasteiger partial charge in [0.15, 0.2) is 12.4 Å². The Kier molecular flexibility index (Phi) is 5.11. The number of quaternary nitrogens is 1. The predicted octanol–water partition coefficient (Wildman–Crippen LogP) is 1.20. The van der Waals surface area contributed by atoms with Crippen LogP contribution in [-0.2, 0) is 17.8 Å². The number of aromatic nitrogens is 1. The highest BCUT2D eigenvalue weighted by molar-refractivity contribution is 5.90. The summed E-state index contributed by atoms with van der Waals surface area (Å²) < 4.78 is 4.92. The van der Waals surface area contributed by atoms with Crippen LogP contribution in [0.15, 0.2) is 34.9 Å². The number of carbonyl (C=O) groups is 1. The van der Waals surface area contributed by atoms with Gasteiger partial charge in [0.1, 0.15) is 12.3 Å².